The number of hydrogen-bond acceptors (Lipinski definition) is 2. The number of benzene rings is 2. The summed E-state index contributed by atoms with van der Waals surface area (Å²) >= 11 is 0. The summed E-state index contributed by atoms with van der Waals surface area (Å²) in [6.45, 7) is 5.05. The highest BCUT2D eigenvalue weighted by Crippen LogP contribution is 2.43. The molecule has 4 heterocycles. The molecular weight excluding hydrogens is 280 g/mol. The van der Waals surface area contributed by atoms with E-state index in [2.05, 4.69) is 64.4 Å². The molecule has 2 unspecified atom stereocenters. The summed E-state index contributed by atoms with van der Waals surface area (Å²) in [5.41, 5.74) is 4.47. The molecule has 2 bridgehead atoms. The van der Waals surface area contributed by atoms with Gasteiger partial charge in [0.2, 0.25) is 0 Å². The Labute approximate surface area is 138 Å². The molecule has 2 nitrogen and oxygen atoms in total. The molecule has 4 aliphatic heterocycles. The van der Waals surface area contributed by atoms with E-state index in [1.165, 1.54) is 49.3 Å². The lowest BCUT2D eigenvalue weighted by atomic mass is 9.83. The van der Waals surface area contributed by atoms with E-state index < -0.39 is 0 Å². The molecule has 0 N–H and O–H groups in total. The van der Waals surface area contributed by atoms with Crippen LogP contribution in [0.3, 0.4) is 0 Å². The standard InChI is InChI=1S/C21H24N2/c1-2-6-16(7-3-1)19-14-23(20-9-5-4-8-18(19)20)21-15-22-12-10-17(21)11-13-22/h1-9,17,19,21H,10-15H2/q+1. The predicted molar refractivity (Wildman–Crippen MR) is 94.3 cm³/mol. The number of para-hydroxylation sites is 1. The number of anilines is 1. The van der Waals surface area contributed by atoms with Gasteiger partial charge in [-0.25, -0.2) is 0 Å². The first-order valence-corrected chi connectivity index (χ1v) is 9.03. The second kappa shape index (κ2) is 5.47. The highest BCUT2D eigenvalue weighted by molar-refractivity contribution is 5.57. The summed E-state index contributed by atoms with van der Waals surface area (Å²) in [7, 11) is 0. The second-order valence-electron chi connectivity index (χ2n) is 7.38. The average Bonchev–Trinajstić information content (AvgIpc) is 3.03. The van der Waals surface area contributed by atoms with Crippen molar-refractivity contribution in [1.82, 2.24) is 9.80 Å². The van der Waals surface area contributed by atoms with Gasteiger partial charge in [0.1, 0.15) is 6.54 Å². The predicted octanol–water partition coefficient (Wildman–Crippen LogP) is 3.70. The Balaban J connectivity index is 1.52. The highest BCUT2D eigenvalue weighted by atomic mass is 15.3. The quantitative estimate of drug-likeness (QED) is 0.769. The molecule has 4 aliphatic rings. The van der Waals surface area contributed by atoms with Gasteiger partial charge in [-0.3, -0.25) is 4.90 Å². The first-order valence-electron chi connectivity index (χ1n) is 9.03. The zero-order valence-electron chi connectivity index (χ0n) is 13.6. The first-order chi connectivity index (χ1) is 11.4. The van der Waals surface area contributed by atoms with Gasteiger partial charge in [0.15, 0.2) is 11.7 Å². The molecule has 2 atom stereocenters. The molecule has 117 valence electrons. The van der Waals surface area contributed by atoms with Crippen molar-refractivity contribution in [3.05, 3.63) is 65.7 Å². The number of piperidine rings is 3. The molecule has 3 fully saturated rings. The number of hydrogen-bond donors (Lipinski definition) is 0. The lowest BCUT2D eigenvalue weighted by Gasteiger charge is -2.43. The number of fused-ring (bicyclic) bond motifs is 4. The van der Waals surface area contributed by atoms with E-state index in [4.69, 9.17) is 0 Å². The van der Waals surface area contributed by atoms with Crippen LogP contribution in [0.1, 0.15) is 29.9 Å². The monoisotopic (exact) mass is 304 g/mol. The minimum Gasteiger partial charge on any atom is -0.297 e. The fraction of sp³-hybridized carbons (Fsp3) is 0.429. The minimum atomic E-state index is 0.530. The summed E-state index contributed by atoms with van der Waals surface area (Å²) in [6.07, 6.45) is 2.78. The van der Waals surface area contributed by atoms with Crippen LogP contribution in [0.25, 0.3) is 0 Å². The largest absolute Gasteiger partial charge is 0.297 e. The van der Waals surface area contributed by atoms with Gasteiger partial charge in [-0.15, -0.1) is 4.90 Å². The maximum Gasteiger partial charge on any atom is 0.185 e. The molecule has 6 rings (SSSR count). The second-order valence-corrected chi connectivity index (χ2v) is 7.38. The Hall–Kier alpha value is -1.64. The fourth-order valence-corrected chi connectivity index (χ4v) is 5.01. The van der Waals surface area contributed by atoms with E-state index in [-0.39, 0.29) is 0 Å². The molecule has 0 aliphatic carbocycles. The Morgan fingerprint density at radius 2 is 1.61 bits per heavy atom. The van der Waals surface area contributed by atoms with Gasteiger partial charge in [-0.1, -0.05) is 48.5 Å². The van der Waals surface area contributed by atoms with Crippen LogP contribution in [-0.4, -0.2) is 37.1 Å². The van der Waals surface area contributed by atoms with Crippen LogP contribution in [0.2, 0.25) is 0 Å². The average molecular weight is 304 g/mol. The van der Waals surface area contributed by atoms with Crippen molar-refractivity contribution in [1.29, 1.82) is 0 Å². The van der Waals surface area contributed by atoms with E-state index in [0.717, 1.165) is 12.5 Å². The molecule has 0 aromatic heterocycles. The van der Waals surface area contributed by atoms with Gasteiger partial charge in [0.25, 0.3) is 0 Å². The van der Waals surface area contributed by atoms with Gasteiger partial charge < -0.3 is 0 Å². The Morgan fingerprint density at radius 1 is 0.870 bits per heavy atom. The zero-order valence-corrected chi connectivity index (χ0v) is 13.6. The summed E-state index contributed by atoms with van der Waals surface area (Å²) < 4.78 is 0. The van der Waals surface area contributed by atoms with Crippen molar-refractivity contribution in [3.63, 3.8) is 0 Å². The van der Waals surface area contributed by atoms with Crippen molar-refractivity contribution in [2.45, 2.75) is 24.8 Å². The SMILES string of the molecule is c1ccc(C2C[N+](C3CN4CCC3CC4)c3ccccc32)cc1. The topological polar surface area (TPSA) is 9.14 Å². The van der Waals surface area contributed by atoms with Crippen LogP contribution >= 0.6 is 0 Å². The van der Waals surface area contributed by atoms with E-state index in [0.29, 0.717) is 12.0 Å². The van der Waals surface area contributed by atoms with Crippen molar-refractivity contribution in [2.75, 3.05) is 26.2 Å². The maximum absolute atomic E-state index is 2.74. The van der Waals surface area contributed by atoms with Crippen molar-refractivity contribution in [2.24, 2.45) is 5.92 Å². The molecule has 2 aromatic rings. The lowest BCUT2D eigenvalue weighted by molar-refractivity contribution is 0.0572. The minimum absolute atomic E-state index is 0.530. The van der Waals surface area contributed by atoms with Gasteiger partial charge in [-0.05, 0) is 31.5 Å². The van der Waals surface area contributed by atoms with Crippen molar-refractivity contribution < 1.29 is 0 Å². The zero-order chi connectivity index (χ0) is 15.2. The van der Waals surface area contributed by atoms with Crippen LogP contribution in [-0.2, 0) is 0 Å². The summed E-state index contributed by atoms with van der Waals surface area (Å²) in [5, 5.41) is 0. The first kappa shape index (κ1) is 13.8. The van der Waals surface area contributed by atoms with E-state index in [9.17, 15) is 0 Å². The number of nitrogens with zero attached hydrogens (tertiary/aromatic N) is 2. The van der Waals surface area contributed by atoms with E-state index in [1.54, 1.807) is 0 Å². The Bertz CT molecular complexity index is 688. The normalized spacial score (nSPS) is 32.9. The third kappa shape index (κ3) is 2.24. The molecule has 23 heavy (non-hydrogen) atoms. The molecule has 0 amide bonds. The lowest BCUT2D eigenvalue weighted by Crippen LogP contribution is -2.57. The van der Waals surface area contributed by atoms with Gasteiger partial charge in [0.05, 0.1) is 12.5 Å². The molecule has 2 aromatic carbocycles. The Morgan fingerprint density at radius 3 is 2.35 bits per heavy atom. The van der Waals surface area contributed by atoms with E-state index >= 15 is 0 Å². The number of rotatable bonds is 2. The molecule has 1 radical (unpaired) electrons. The molecule has 3 saturated heterocycles. The summed E-state index contributed by atoms with van der Waals surface area (Å²) in [4.78, 5) is 5.41. The fourth-order valence-electron chi connectivity index (χ4n) is 5.01. The molecule has 0 saturated carbocycles. The van der Waals surface area contributed by atoms with Crippen LogP contribution in [0.15, 0.2) is 54.6 Å². The molecule has 2 heteroatoms. The third-order valence-electron chi connectivity index (χ3n) is 6.22. The molecular formula is C21H24N2+. The van der Waals surface area contributed by atoms with Crippen LogP contribution in [0.4, 0.5) is 5.69 Å². The summed E-state index contributed by atoms with van der Waals surface area (Å²) in [5.74, 6) is 1.42. The van der Waals surface area contributed by atoms with Gasteiger partial charge in [0, 0.05) is 17.5 Å². The molecule has 0 spiro atoms. The van der Waals surface area contributed by atoms with Gasteiger partial charge >= 0.3 is 0 Å². The van der Waals surface area contributed by atoms with E-state index in [1.807, 2.05) is 0 Å². The van der Waals surface area contributed by atoms with Gasteiger partial charge in [-0.2, -0.15) is 0 Å². The highest BCUT2D eigenvalue weighted by Gasteiger charge is 2.49. The summed E-state index contributed by atoms with van der Waals surface area (Å²) in [6, 6.07) is 20.9. The van der Waals surface area contributed by atoms with Crippen LogP contribution in [0, 0.1) is 5.92 Å². The van der Waals surface area contributed by atoms with Crippen LogP contribution < -0.4 is 4.90 Å². The Kier molecular flexibility index (Phi) is 3.27. The third-order valence-corrected chi connectivity index (χ3v) is 6.22. The maximum atomic E-state index is 2.74. The smallest absolute Gasteiger partial charge is 0.185 e. The van der Waals surface area contributed by atoms with Crippen LogP contribution in [0.5, 0.6) is 0 Å². The van der Waals surface area contributed by atoms with Crippen molar-refractivity contribution in [3.8, 4) is 0 Å². The van der Waals surface area contributed by atoms with Crippen molar-refractivity contribution >= 4 is 5.69 Å².